The highest BCUT2D eigenvalue weighted by molar-refractivity contribution is 8.18. The van der Waals surface area contributed by atoms with Crippen LogP contribution in [0.1, 0.15) is 30.5 Å². The van der Waals surface area contributed by atoms with Crippen LogP contribution in [0.3, 0.4) is 0 Å². The standard InChI is InChI=1S/C24H20N2O5S/c1-16(11-18-7-9-19(10-8-18)12-17(2)15-27)13-22-23(28)25(24(29)32-22)14-20-5-3-4-6-21(20)26(30)31/h3-13,15H,14H2,1-2H3/b16-11+,17-12+,22-13-. The summed E-state index contributed by atoms with van der Waals surface area (Å²) in [5.41, 5.74) is 3.37. The number of carbonyl (C=O) groups excluding carboxylic acids is 3. The molecule has 1 heterocycles. The predicted octanol–water partition coefficient (Wildman–Crippen LogP) is 5.38. The summed E-state index contributed by atoms with van der Waals surface area (Å²) in [4.78, 5) is 47.8. The van der Waals surface area contributed by atoms with Crippen LogP contribution in [0.4, 0.5) is 10.5 Å². The highest BCUT2D eigenvalue weighted by Crippen LogP contribution is 2.34. The molecule has 1 fully saturated rings. The molecule has 2 aromatic rings. The molecule has 0 atom stereocenters. The smallest absolute Gasteiger partial charge is 0.293 e. The lowest BCUT2D eigenvalue weighted by molar-refractivity contribution is -0.385. The lowest BCUT2D eigenvalue weighted by Crippen LogP contribution is -2.27. The summed E-state index contributed by atoms with van der Waals surface area (Å²) in [6.07, 6.45) is 6.08. The first-order chi connectivity index (χ1) is 15.3. The summed E-state index contributed by atoms with van der Waals surface area (Å²) in [5.74, 6) is -0.476. The number of aldehydes is 1. The molecule has 0 spiro atoms. The number of allylic oxidation sites excluding steroid dienone is 3. The molecule has 162 valence electrons. The zero-order valence-electron chi connectivity index (χ0n) is 17.5. The fourth-order valence-electron chi connectivity index (χ4n) is 3.13. The molecule has 1 aliphatic rings. The molecule has 1 saturated heterocycles. The van der Waals surface area contributed by atoms with Gasteiger partial charge in [-0.15, -0.1) is 0 Å². The molecular formula is C24H20N2O5S. The second kappa shape index (κ2) is 10.0. The van der Waals surface area contributed by atoms with Gasteiger partial charge in [0.2, 0.25) is 0 Å². The molecule has 32 heavy (non-hydrogen) atoms. The topological polar surface area (TPSA) is 97.6 Å². The van der Waals surface area contributed by atoms with Crippen molar-refractivity contribution in [1.29, 1.82) is 0 Å². The molecule has 0 aromatic heterocycles. The van der Waals surface area contributed by atoms with Gasteiger partial charge >= 0.3 is 0 Å². The summed E-state index contributed by atoms with van der Waals surface area (Å²) in [7, 11) is 0. The number of thioether (sulfide) groups is 1. The number of para-hydroxylation sites is 1. The first-order valence-corrected chi connectivity index (χ1v) is 10.5. The number of nitrogens with zero attached hydrogens (tertiary/aromatic N) is 2. The van der Waals surface area contributed by atoms with E-state index in [0.29, 0.717) is 11.1 Å². The fourth-order valence-corrected chi connectivity index (χ4v) is 4.01. The monoisotopic (exact) mass is 448 g/mol. The molecular weight excluding hydrogens is 428 g/mol. The lowest BCUT2D eigenvalue weighted by atomic mass is 10.1. The summed E-state index contributed by atoms with van der Waals surface area (Å²) in [6.45, 7) is 3.39. The van der Waals surface area contributed by atoms with Gasteiger partial charge in [0.1, 0.15) is 6.29 Å². The van der Waals surface area contributed by atoms with E-state index in [1.165, 1.54) is 18.2 Å². The Bertz CT molecular complexity index is 1180. The number of hydrogen-bond donors (Lipinski definition) is 0. The second-order valence-corrected chi connectivity index (χ2v) is 8.21. The molecule has 3 rings (SSSR count). The Morgan fingerprint density at radius 1 is 1.00 bits per heavy atom. The second-order valence-electron chi connectivity index (χ2n) is 7.21. The largest absolute Gasteiger partial charge is 0.298 e. The minimum absolute atomic E-state index is 0.131. The fraction of sp³-hybridized carbons (Fsp3) is 0.125. The quantitative estimate of drug-likeness (QED) is 0.244. The van der Waals surface area contributed by atoms with Gasteiger partial charge in [-0.2, -0.15) is 0 Å². The number of imide groups is 1. The van der Waals surface area contributed by atoms with E-state index in [1.54, 1.807) is 25.1 Å². The van der Waals surface area contributed by atoms with Crippen molar-refractivity contribution in [3.05, 3.63) is 97.5 Å². The van der Waals surface area contributed by atoms with Crippen molar-refractivity contribution in [3.63, 3.8) is 0 Å². The highest BCUT2D eigenvalue weighted by atomic mass is 32.2. The minimum atomic E-state index is -0.529. The van der Waals surface area contributed by atoms with Crippen molar-refractivity contribution < 1.29 is 19.3 Å². The molecule has 2 amide bonds. The van der Waals surface area contributed by atoms with E-state index < -0.39 is 16.1 Å². The van der Waals surface area contributed by atoms with Crippen LogP contribution in [0.2, 0.25) is 0 Å². The van der Waals surface area contributed by atoms with Gasteiger partial charge in [-0.1, -0.05) is 48.5 Å². The third kappa shape index (κ3) is 5.47. The lowest BCUT2D eigenvalue weighted by Gasteiger charge is -2.12. The zero-order chi connectivity index (χ0) is 23.3. The number of rotatable bonds is 7. The molecule has 0 bridgehead atoms. The van der Waals surface area contributed by atoms with Gasteiger partial charge in [0.05, 0.1) is 16.4 Å². The summed E-state index contributed by atoms with van der Waals surface area (Å²) in [5, 5.41) is 10.7. The number of nitro groups is 1. The van der Waals surface area contributed by atoms with Gasteiger partial charge in [0, 0.05) is 11.6 Å². The van der Waals surface area contributed by atoms with Crippen LogP contribution in [0.25, 0.3) is 12.2 Å². The van der Waals surface area contributed by atoms with E-state index in [-0.39, 0.29) is 17.1 Å². The van der Waals surface area contributed by atoms with Crippen LogP contribution in [-0.2, 0) is 16.1 Å². The molecule has 0 unspecified atom stereocenters. The Morgan fingerprint density at radius 3 is 2.19 bits per heavy atom. The van der Waals surface area contributed by atoms with E-state index in [1.807, 2.05) is 37.3 Å². The SMILES string of the molecule is C/C(C=O)=C\c1ccc(/C=C(C)/C=C2\SC(=O)N(Cc3ccccc3[N+](=O)[O-])C2=O)cc1. The van der Waals surface area contributed by atoms with Crippen LogP contribution in [0, 0.1) is 10.1 Å². The van der Waals surface area contributed by atoms with Crippen molar-refractivity contribution in [3.8, 4) is 0 Å². The molecule has 0 radical (unpaired) electrons. The number of carbonyl (C=O) groups is 3. The van der Waals surface area contributed by atoms with Crippen molar-refractivity contribution in [2.24, 2.45) is 0 Å². The van der Waals surface area contributed by atoms with Crippen molar-refractivity contribution >= 4 is 47.0 Å². The number of benzene rings is 2. The van der Waals surface area contributed by atoms with Gasteiger partial charge in [-0.3, -0.25) is 29.4 Å². The normalized spacial score (nSPS) is 16.1. The van der Waals surface area contributed by atoms with E-state index in [9.17, 15) is 24.5 Å². The first-order valence-electron chi connectivity index (χ1n) is 9.68. The maximum Gasteiger partial charge on any atom is 0.293 e. The molecule has 2 aromatic carbocycles. The number of nitro benzene ring substituents is 1. The Balaban J connectivity index is 1.77. The Hall–Kier alpha value is -3.78. The molecule has 7 nitrogen and oxygen atoms in total. The maximum absolute atomic E-state index is 12.7. The average Bonchev–Trinajstić information content (AvgIpc) is 3.02. The van der Waals surface area contributed by atoms with Crippen LogP contribution in [0.15, 0.2) is 70.7 Å². The number of hydrogen-bond acceptors (Lipinski definition) is 6. The highest BCUT2D eigenvalue weighted by Gasteiger charge is 2.36. The van der Waals surface area contributed by atoms with Gasteiger partial charge in [-0.25, -0.2) is 0 Å². The molecule has 0 N–H and O–H groups in total. The van der Waals surface area contributed by atoms with Crippen LogP contribution < -0.4 is 0 Å². The van der Waals surface area contributed by atoms with Crippen molar-refractivity contribution in [2.45, 2.75) is 20.4 Å². The molecule has 0 saturated carbocycles. The zero-order valence-corrected chi connectivity index (χ0v) is 18.3. The Morgan fingerprint density at radius 2 is 1.59 bits per heavy atom. The first kappa shape index (κ1) is 22.9. The van der Waals surface area contributed by atoms with Crippen LogP contribution >= 0.6 is 11.8 Å². The predicted molar refractivity (Wildman–Crippen MR) is 125 cm³/mol. The minimum Gasteiger partial charge on any atom is -0.298 e. The van der Waals surface area contributed by atoms with E-state index in [4.69, 9.17) is 0 Å². The van der Waals surface area contributed by atoms with Gasteiger partial charge in [-0.05, 0) is 60.0 Å². The Labute approximate surface area is 189 Å². The van der Waals surface area contributed by atoms with E-state index in [2.05, 4.69) is 0 Å². The van der Waals surface area contributed by atoms with E-state index in [0.717, 1.165) is 39.6 Å². The molecule has 8 heteroatoms. The third-order valence-electron chi connectivity index (χ3n) is 4.66. The summed E-state index contributed by atoms with van der Waals surface area (Å²) >= 11 is 0.813. The third-order valence-corrected chi connectivity index (χ3v) is 5.57. The van der Waals surface area contributed by atoms with Gasteiger partial charge in [0.15, 0.2) is 0 Å². The van der Waals surface area contributed by atoms with Crippen LogP contribution in [0.5, 0.6) is 0 Å². The maximum atomic E-state index is 12.7. The van der Waals surface area contributed by atoms with Gasteiger partial charge in [0.25, 0.3) is 16.8 Å². The number of amides is 2. The van der Waals surface area contributed by atoms with Gasteiger partial charge < -0.3 is 0 Å². The van der Waals surface area contributed by atoms with Crippen molar-refractivity contribution in [1.82, 2.24) is 4.90 Å². The summed E-state index contributed by atoms with van der Waals surface area (Å²) in [6, 6.07) is 13.6. The Kier molecular flexibility index (Phi) is 7.17. The van der Waals surface area contributed by atoms with Crippen LogP contribution in [-0.4, -0.2) is 27.3 Å². The average molecular weight is 449 g/mol. The molecule has 1 aliphatic heterocycles. The van der Waals surface area contributed by atoms with E-state index >= 15 is 0 Å². The molecule has 0 aliphatic carbocycles. The summed E-state index contributed by atoms with van der Waals surface area (Å²) < 4.78 is 0. The van der Waals surface area contributed by atoms with Crippen molar-refractivity contribution in [2.75, 3.05) is 0 Å².